The normalized spacial score (nSPS) is 11.2. The van der Waals surface area contributed by atoms with E-state index >= 15 is 0 Å². The highest BCUT2D eigenvalue weighted by Gasteiger charge is 2.13. The van der Waals surface area contributed by atoms with Crippen LogP contribution in [0.3, 0.4) is 0 Å². The SMILES string of the molecule is Cn1c(Cl)cnc1CSc1nc2ccccc2c(=O)n1CCCCCC(N)=O. The van der Waals surface area contributed by atoms with Crippen molar-refractivity contribution >= 4 is 40.2 Å². The van der Waals surface area contributed by atoms with Gasteiger partial charge >= 0.3 is 0 Å². The van der Waals surface area contributed by atoms with E-state index < -0.39 is 0 Å². The maximum Gasteiger partial charge on any atom is 0.262 e. The van der Waals surface area contributed by atoms with Crippen molar-refractivity contribution in [2.24, 2.45) is 12.8 Å². The van der Waals surface area contributed by atoms with Crippen molar-refractivity contribution in [2.45, 2.75) is 43.1 Å². The van der Waals surface area contributed by atoms with Crippen LogP contribution in [0.4, 0.5) is 0 Å². The van der Waals surface area contributed by atoms with Gasteiger partial charge in [-0.3, -0.25) is 14.2 Å². The highest BCUT2D eigenvalue weighted by molar-refractivity contribution is 7.98. The molecule has 28 heavy (non-hydrogen) atoms. The highest BCUT2D eigenvalue weighted by atomic mass is 35.5. The summed E-state index contributed by atoms with van der Waals surface area (Å²) in [5.74, 6) is 1.07. The molecule has 0 atom stereocenters. The topological polar surface area (TPSA) is 95.8 Å². The van der Waals surface area contributed by atoms with Gasteiger partial charge in [-0.2, -0.15) is 0 Å². The Morgan fingerprint density at radius 3 is 2.75 bits per heavy atom. The number of unbranched alkanes of at least 4 members (excludes halogenated alkanes) is 2. The van der Waals surface area contributed by atoms with Gasteiger partial charge in [0.15, 0.2) is 5.16 Å². The zero-order chi connectivity index (χ0) is 20.1. The summed E-state index contributed by atoms with van der Waals surface area (Å²) in [6, 6.07) is 7.35. The molecular weight excluding hydrogens is 398 g/mol. The molecule has 0 fully saturated rings. The molecule has 0 aliphatic heterocycles. The first-order valence-electron chi connectivity index (χ1n) is 9.04. The second kappa shape index (κ2) is 9.25. The molecular formula is C19H22ClN5O2S. The third kappa shape index (κ3) is 4.74. The maximum absolute atomic E-state index is 13.0. The summed E-state index contributed by atoms with van der Waals surface area (Å²) < 4.78 is 3.52. The van der Waals surface area contributed by atoms with E-state index in [1.807, 2.05) is 29.8 Å². The molecule has 2 heterocycles. The third-order valence-corrected chi connectivity index (χ3v) is 5.81. The largest absolute Gasteiger partial charge is 0.370 e. The van der Waals surface area contributed by atoms with Crippen molar-refractivity contribution in [3.8, 4) is 0 Å². The Morgan fingerprint density at radius 2 is 2.04 bits per heavy atom. The fraction of sp³-hybridized carbons (Fsp3) is 0.368. The molecule has 3 rings (SSSR count). The molecule has 0 unspecified atom stereocenters. The third-order valence-electron chi connectivity index (χ3n) is 4.49. The number of carbonyl (C=O) groups is 1. The Kier molecular flexibility index (Phi) is 6.74. The molecule has 3 aromatic rings. The minimum atomic E-state index is -0.297. The molecule has 0 saturated heterocycles. The van der Waals surface area contributed by atoms with Crippen LogP contribution in [0.5, 0.6) is 0 Å². The number of hydrogen-bond acceptors (Lipinski definition) is 5. The second-order valence-electron chi connectivity index (χ2n) is 6.49. The lowest BCUT2D eigenvalue weighted by atomic mass is 10.2. The number of imidazole rings is 1. The quantitative estimate of drug-likeness (QED) is 0.326. The van der Waals surface area contributed by atoms with Crippen molar-refractivity contribution in [1.82, 2.24) is 19.1 Å². The number of carbonyl (C=O) groups excluding carboxylic acids is 1. The average molecular weight is 420 g/mol. The Hall–Kier alpha value is -2.32. The van der Waals surface area contributed by atoms with Crippen LogP contribution in [0.25, 0.3) is 10.9 Å². The molecule has 7 nitrogen and oxygen atoms in total. The van der Waals surface area contributed by atoms with Gasteiger partial charge in [-0.25, -0.2) is 9.97 Å². The Bertz CT molecular complexity index is 1050. The smallest absolute Gasteiger partial charge is 0.262 e. The van der Waals surface area contributed by atoms with E-state index in [1.54, 1.807) is 16.8 Å². The fourth-order valence-corrected chi connectivity index (χ4v) is 4.05. The predicted molar refractivity (Wildman–Crippen MR) is 111 cm³/mol. The molecule has 0 spiro atoms. The molecule has 1 aromatic carbocycles. The fourth-order valence-electron chi connectivity index (χ4n) is 2.89. The molecule has 1 amide bonds. The van der Waals surface area contributed by atoms with Crippen molar-refractivity contribution in [2.75, 3.05) is 0 Å². The molecule has 0 aliphatic rings. The Morgan fingerprint density at radius 1 is 1.25 bits per heavy atom. The first-order valence-corrected chi connectivity index (χ1v) is 10.4. The number of hydrogen-bond donors (Lipinski definition) is 1. The van der Waals surface area contributed by atoms with Gasteiger partial charge in [-0.1, -0.05) is 41.9 Å². The number of aromatic nitrogens is 4. The van der Waals surface area contributed by atoms with Crippen molar-refractivity contribution in [3.63, 3.8) is 0 Å². The van der Waals surface area contributed by atoms with Gasteiger partial charge in [0, 0.05) is 20.0 Å². The molecule has 148 valence electrons. The van der Waals surface area contributed by atoms with E-state index in [-0.39, 0.29) is 11.5 Å². The van der Waals surface area contributed by atoms with E-state index in [4.69, 9.17) is 22.3 Å². The van der Waals surface area contributed by atoms with Crippen LogP contribution in [0.1, 0.15) is 31.5 Å². The number of nitrogens with zero attached hydrogens (tertiary/aromatic N) is 4. The van der Waals surface area contributed by atoms with Gasteiger partial charge in [-0.15, -0.1) is 0 Å². The summed E-state index contributed by atoms with van der Waals surface area (Å²) in [7, 11) is 1.85. The van der Waals surface area contributed by atoms with E-state index in [9.17, 15) is 9.59 Å². The van der Waals surface area contributed by atoms with Crippen molar-refractivity contribution in [1.29, 1.82) is 0 Å². The summed E-state index contributed by atoms with van der Waals surface area (Å²) >= 11 is 7.51. The number of para-hydroxylation sites is 1. The Labute approximate surface area is 171 Å². The second-order valence-corrected chi connectivity index (χ2v) is 7.82. The molecule has 2 aromatic heterocycles. The first kappa shape index (κ1) is 20.4. The van der Waals surface area contributed by atoms with Crippen LogP contribution < -0.4 is 11.3 Å². The lowest BCUT2D eigenvalue weighted by Gasteiger charge is -2.13. The van der Waals surface area contributed by atoms with Gasteiger partial charge in [-0.05, 0) is 25.0 Å². The molecule has 9 heteroatoms. The summed E-state index contributed by atoms with van der Waals surface area (Å²) in [5.41, 5.74) is 5.80. The summed E-state index contributed by atoms with van der Waals surface area (Å²) in [6.45, 7) is 0.541. The molecule has 2 N–H and O–H groups in total. The van der Waals surface area contributed by atoms with Crippen LogP contribution >= 0.6 is 23.4 Å². The zero-order valence-electron chi connectivity index (χ0n) is 15.6. The number of nitrogens with two attached hydrogens (primary N) is 1. The van der Waals surface area contributed by atoms with Crippen LogP contribution in [0.15, 0.2) is 40.4 Å². The van der Waals surface area contributed by atoms with Gasteiger partial charge < -0.3 is 10.3 Å². The number of halogens is 1. The van der Waals surface area contributed by atoms with Gasteiger partial charge in [0.2, 0.25) is 5.91 Å². The van der Waals surface area contributed by atoms with Crippen molar-refractivity contribution in [3.05, 3.63) is 51.8 Å². The molecule has 0 saturated carbocycles. The summed E-state index contributed by atoms with van der Waals surface area (Å²) in [5, 5.41) is 1.82. The monoisotopic (exact) mass is 419 g/mol. The van der Waals surface area contributed by atoms with Gasteiger partial charge in [0.25, 0.3) is 5.56 Å². The van der Waals surface area contributed by atoms with Gasteiger partial charge in [0.05, 0.1) is 22.9 Å². The van der Waals surface area contributed by atoms with Crippen LogP contribution in [0, 0.1) is 0 Å². The standard InChI is InChI=1S/C19H22ClN5O2S/c1-24-15(20)11-22-17(24)12-28-19-23-14-8-5-4-7-13(14)18(27)25(19)10-6-2-3-9-16(21)26/h4-5,7-8,11H,2-3,6,9-10,12H2,1H3,(H2,21,26). The Balaban J connectivity index is 1.82. The average Bonchev–Trinajstić information content (AvgIpc) is 2.99. The number of thioether (sulfide) groups is 1. The molecule has 0 bridgehead atoms. The number of fused-ring (bicyclic) bond motifs is 1. The lowest BCUT2D eigenvalue weighted by Crippen LogP contribution is -2.23. The molecule has 0 radical (unpaired) electrons. The molecule has 0 aliphatic carbocycles. The van der Waals surface area contributed by atoms with E-state index in [0.717, 1.165) is 25.1 Å². The minimum absolute atomic E-state index is 0.0547. The summed E-state index contributed by atoms with van der Waals surface area (Å²) in [4.78, 5) is 32.9. The van der Waals surface area contributed by atoms with Crippen LogP contribution in [-0.2, 0) is 24.1 Å². The predicted octanol–water partition coefficient (Wildman–Crippen LogP) is 3.12. The van der Waals surface area contributed by atoms with E-state index in [1.165, 1.54) is 11.8 Å². The van der Waals surface area contributed by atoms with Crippen LogP contribution in [0.2, 0.25) is 5.15 Å². The zero-order valence-corrected chi connectivity index (χ0v) is 17.2. The number of primary amides is 1. The van der Waals surface area contributed by atoms with E-state index in [2.05, 4.69) is 4.98 Å². The maximum atomic E-state index is 13.0. The first-order chi connectivity index (χ1) is 13.5. The van der Waals surface area contributed by atoms with Crippen molar-refractivity contribution < 1.29 is 4.79 Å². The lowest BCUT2D eigenvalue weighted by molar-refractivity contribution is -0.118. The van der Waals surface area contributed by atoms with Gasteiger partial charge in [0.1, 0.15) is 11.0 Å². The van der Waals surface area contributed by atoms with Crippen LogP contribution in [-0.4, -0.2) is 25.0 Å². The number of amides is 1. The summed E-state index contributed by atoms with van der Waals surface area (Å²) in [6.07, 6.45) is 4.29. The number of rotatable bonds is 9. The highest BCUT2D eigenvalue weighted by Crippen LogP contribution is 2.23. The number of benzene rings is 1. The minimum Gasteiger partial charge on any atom is -0.370 e. The van der Waals surface area contributed by atoms with E-state index in [0.29, 0.717) is 39.9 Å².